The second-order valence-electron chi connectivity index (χ2n) is 5.74. The van der Waals surface area contributed by atoms with Crippen molar-refractivity contribution in [2.24, 2.45) is 0 Å². The zero-order chi connectivity index (χ0) is 16.8. The summed E-state index contributed by atoms with van der Waals surface area (Å²) in [5.74, 6) is 0.654. The number of aryl methyl sites for hydroxylation is 3. The van der Waals surface area contributed by atoms with E-state index in [1.54, 1.807) is 12.3 Å². The molecule has 6 heteroatoms. The molecule has 1 aromatic carbocycles. The molecule has 0 saturated heterocycles. The van der Waals surface area contributed by atoms with Crippen LogP contribution in [-0.4, -0.2) is 25.7 Å². The molecule has 2 aromatic heterocycles. The summed E-state index contributed by atoms with van der Waals surface area (Å²) >= 11 is 0. The van der Waals surface area contributed by atoms with Crippen LogP contribution in [0.2, 0.25) is 0 Å². The zero-order valence-corrected chi connectivity index (χ0v) is 13.7. The molecule has 0 spiro atoms. The molecule has 0 fully saturated rings. The molecule has 1 amide bonds. The number of hydrogen-bond acceptors (Lipinski definition) is 3. The van der Waals surface area contributed by atoms with Gasteiger partial charge in [-0.1, -0.05) is 30.3 Å². The van der Waals surface area contributed by atoms with E-state index in [9.17, 15) is 4.79 Å². The van der Waals surface area contributed by atoms with Crippen LogP contribution < -0.4 is 5.32 Å². The fourth-order valence-corrected chi connectivity index (χ4v) is 2.59. The highest BCUT2D eigenvalue weighted by atomic mass is 16.1. The number of nitrogens with zero attached hydrogens (tertiary/aromatic N) is 3. The van der Waals surface area contributed by atoms with Crippen LogP contribution in [0.5, 0.6) is 0 Å². The molecule has 24 heavy (non-hydrogen) atoms. The minimum atomic E-state index is -0.196. The van der Waals surface area contributed by atoms with Crippen molar-refractivity contribution in [3.8, 4) is 0 Å². The monoisotopic (exact) mass is 323 g/mol. The molecule has 2 N–H and O–H groups in total. The van der Waals surface area contributed by atoms with Gasteiger partial charge in [0.25, 0.3) is 5.91 Å². The van der Waals surface area contributed by atoms with E-state index < -0.39 is 0 Å². The van der Waals surface area contributed by atoms with Crippen molar-refractivity contribution in [2.45, 2.75) is 32.9 Å². The summed E-state index contributed by atoms with van der Waals surface area (Å²) in [6, 6.07) is 12.2. The number of aromatic nitrogens is 4. The average Bonchev–Trinajstić information content (AvgIpc) is 3.23. The largest absolute Gasteiger partial charge is 0.343 e. The molecule has 0 bridgehead atoms. The topological polar surface area (TPSA) is 75.6 Å². The number of carbonyl (C=O) groups is 1. The molecule has 0 aliphatic rings. The van der Waals surface area contributed by atoms with E-state index in [1.807, 2.05) is 19.2 Å². The molecule has 3 rings (SSSR count). The van der Waals surface area contributed by atoms with Gasteiger partial charge in [0, 0.05) is 24.6 Å². The zero-order valence-electron chi connectivity index (χ0n) is 13.7. The van der Waals surface area contributed by atoms with E-state index in [-0.39, 0.29) is 5.91 Å². The number of carbonyl (C=O) groups excluding carboxylic acids is 1. The number of benzene rings is 1. The van der Waals surface area contributed by atoms with Gasteiger partial charge in [-0.2, -0.15) is 5.10 Å². The van der Waals surface area contributed by atoms with E-state index in [2.05, 4.69) is 49.3 Å². The Hall–Kier alpha value is -2.89. The molecule has 6 nitrogen and oxygen atoms in total. The summed E-state index contributed by atoms with van der Waals surface area (Å²) in [4.78, 5) is 16.4. The smallest absolute Gasteiger partial charge is 0.272 e. The van der Waals surface area contributed by atoms with Gasteiger partial charge in [0.05, 0.1) is 6.54 Å². The van der Waals surface area contributed by atoms with Crippen LogP contribution in [0, 0.1) is 6.92 Å². The quantitative estimate of drug-likeness (QED) is 0.701. The Morgan fingerprint density at radius 1 is 1.29 bits per heavy atom. The maximum Gasteiger partial charge on any atom is 0.272 e. The number of rotatable bonds is 7. The minimum absolute atomic E-state index is 0.196. The molecule has 0 saturated carbocycles. The van der Waals surface area contributed by atoms with Crippen LogP contribution in [0.25, 0.3) is 0 Å². The Balaban J connectivity index is 1.50. The Morgan fingerprint density at radius 2 is 2.12 bits per heavy atom. The third kappa shape index (κ3) is 4.10. The van der Waals surface area contributed by atoms with Gasteiger partial charge in [0.2, 0.25) is 0 Å². The molecule has 0 aliphatic carbocycles. The van der Waals surface area contributed by atoms with Gasteiger partial charge in [-0.25, -0.2) is 4.98 Å². The summed E-state index contributed by atoms with van der Waals surface area (Å²) < 4.78 is 2.08. The number of aromatic amines is 1. The predicted molar refractivity (Wildman–Crippen MR) is 91.5 cm³/mol. The standard InChI is InChI=1S/C18H21N5O/c1-14-12-16(22-21-14)18(24)20-13-17-19-9-11-23(17)10-5-8-15-6-3-2-4-7-15/h2-4,6-7,9,11-12H,5,8,10,13H2,1H3,(H,20,24)(H,21,22). The van der Waals surface area contributed by atoms with Gasteiger partial charge in [0.15, 0.2) is 0 Å². The molecular weight excluding hydrogens is 302 g/mol. The van der Waals surface area contributed by atoms with Crippen LogP contribution >= 0.6 is 0 Å². The fourth-order valence-electron chi connectivity index (χ4n) is 2.59. The summed E-state index contributed by atoms with van der Waals surface area (Å²) in [6.07, 6.45) is 5.77. The predicted octanol–water partition coefficient (Wildman–Crippen LogP) is 2.48. The normalized spacial score (nSPS) is 10.7. The van der Waals surface area contributed by atoms with Crippen LogP contribution in [0.1, 0.15) is 34.0 Å². The first kappa shape index (κ1) is 16.0. The van der Waals surface area contributed by atoms with E-state index in [4.69, 9.17) is 0 Å². The van der Waals surface area contributed by atoms with E-state index in [0.29, 0.717) is 12.2 Å². The number of nitrogens with one attached hydrogen (secondary N) is 2. The molecular formula is C18H21N5O. The van der Waals surface area contributed by atoms with Gasteiger partial charge in [0.1, 0.15) is 11.5 Å². The lowest BCUT2D eigenvalue weighted by molar-refractivity contribution is 0.0944. The highest BCUT2D eigenvalue weighted by Crippen LogP contribution is 2.06. The molecule has 0 radical (unpaired) electrons. The van der Waals surface area contributed by atoms with Crippen LogP contribution in [0.15, 0.2) is 48.8 Å². The Morgan fingerprint density at radius 3 is 2.88 bits per heavy atom. The van der Waals surface area contributed by atoms with Crippen molar-refractivity contribution in [1.82, 2.24) is 25.1 Å². The summed E-state index contributed by atoms with van der Waals surface area (Å²) in [7, 11) is 0. The SMILES string of the molecule is Cc1cc(C(=O)NCc2nccn2CCCc2ccccc2)n[nH]1. The molecule has 3 aromatic rings. The van der Waals surface area contributed by atoms with E-state index in [0.717, 1.165) is 30.9 Å². The first-order chi connectivity index (χ1) is 11.7. The number of H-pyrrole nitrogens is 1. The second kappa shape index (κ2) is 7.59. The van der Waals surface area contributed by atoms with Gasteiger partial charge in [-0.05, 0) is 31.4 Å². The van der Waals surface area contributed by atoms with Crippen LogP contribution in [0.4, 0.5) is 0 Å². The van der Waals surface area contributed by atoms with Gasteiger partial charge in [-0.3, -0.25) is 9.89 Å². The van der Waals surface area contributed by atoms with Crippen molar-refractivity contribution >= 4 is 5.91 Å². The fraction of sp³-hybridized carbons (Fsp3) is 0.278. The Bertz CT molecular complexity index is 791. The van der Waals surface area contributed by atoms with Crippen molar-refractivity contribution in [3.05, 3.63) is 71.6 Å². The van der Waals surface area contributed by atoms with Gasteiger partial charge < -0.3 is 9.88 Å². The summed E-state index contributed by atoms with van der Waals surface area (Å²) in [5.41, 5.74) is 2.60. The molecule has 124 valence electrons. The lowest BCUT2D eigenvalue weighted by Crippen LogP contribution is -2.25. The molecule has 0 aliphatic heterocycles. The third-order valence-corrected chi connectivity index (χ3v) is 3.85. The van der Waals surface area contributed by atoms with E-state index in [1.165, 1.54) is 5.56 Å². The first-order valence-corrected chi connectivity index (χ1v) is 8.06. The maximum atomic E-state index is 12.0. The van der Waals surface area contributed by atoms with Gasteiger partial charge in [-0.15, -0.1) is 0 Å². The lowest BCUT2D eigenvalue weighted by atomic mass is 10.1. The molecule has 2 heterocycles. The maximum absolute atomic E-state index is 12.0. The molecule has 0 unspecified atom stereocenters. The average molecular weight is 323 g/mol. The van der Waals surface area contributed by atoms with Crippen molar-refractivity contribution in [3.63, 3.8) is 0 Å². The lowest BCUT2D eigenvalue weighted by Gasteiger charge is -2.08. The number of amides is 1. The number of imidazole rings is 1. The van der Waals surface area contributed by atoms with Crippen molar-refractivity contribution < 1.29 is 4.79 Å². The van der Waals surface area contributed by atoms with E-state index >= 15 is 0 Å². The van der Waals surface area contributed by atoms with Crippen molar-refractivity contribution in [2.75, 3.05) is 0 Å². The third-order valence-electron chi connectivity index (χ3n) is 3.85. The number of hydrogen-bond donors (Lipinski definition) is 2. The molecule has 0 atom stereocenters. The minimum Gasteiger partial charge on any atom is -0.343 e. The Labute approximate surface area is 140 Å². The van der Waals surface area contributed by atoms with Crippen LogP contribution in [-0.2, 0) is 19.5 Å². The summed E-state index contributed by atoms with van der Waals surface area (Å²) in [5, 5.41) is 9.58. The Kier molecular flexibility index (Phi) is 5.05. The second-order valence-corrected chi connectivity index (χ2v) is 5.74. The highest BCUT2D eigenvalue weighted by molar-refractivity contribution is 5.92. The first-order valence-electron chi connectivity index (χ1n) is 8.06. The van der Waals surface area contributed by atoms with Crippen LogP contribution in [0.3, 0.4) is 0 Å². The highest BCUT2D eigenvalue weighted by Gasteiger charge is 2.10. The summed E-state index contributed by atoms with van der Waals surface area (Å²) in [6.45, 7) is 3.13. The van der Waals surface area contributed by atoms with Crippen molar-refractivity contribution in [1.29, 1.82) is 0 Å². The van der Waals surface area contributed by atoms with Gasteiger partial charge >= 0.3 is 0 Å².